The van der Waals surface area contributed by atoms with Crippen LogP contribution in [0.1, 0.15) is 260 Å². The third kappa shape index (κ3) is 36.2. The van der Waals surface area contributed by atoms with Gasteiger partial charge in [0.15, 0.2) is 6.29 Å². The quantitative estimate of drug-likeness (QED) is 0.0365. The molecule has 0 rings (SSSR count). The maximum absolute atomic E-state index is 13.3. The third-order valence-corrected chi connectivity index (χ3v) is 11.5. The van der Waals surface area contributed by atoms with Crippen LogP contribution in [-0.2, 0) is 19.0 Å². The lowest BCUT2D eigenvalue weighted by molar-refractivity contribution is -0.167. The summed E-state index contributed by atoms with van der Waals surface area (Å²) in [4.78, 5) is 13.3. The summed E-state index contributed by atoms with van der Waals surface area (Å²) in [6.45, 7) is 13.2. The molecule has 0 aromatic carbocycles. The van der Waals surface area contributed by atoms with E-state index in [9.17, 15) is 9.90 Å². The van der Waals surface area contributed by atoms with Gasteiger partial charge >= 0.3 is 0 Å². The summed E-state index contributed by atoms with van der Waals surface area (Å²) >= 11 is 0. The summed E-state index contributed by atoms with van der Waals surface area (Å²) in [6.07, 6.45) is 46.1. The van der Waals surface area contributed by atoms with Gasteiger partial charge < -0.3 is 24.6 Å². The molecule has 2 N–H and O–H groups in total. The Kier molecular flexibility index (Phi) is 42.9. The van der Waals surface area contributed by atoms with Gasteiger partial charge in [-0.25, -0.2) is 0 Å². The molecule has 0 aromatic rings. The van der Waals surface area contributed by atoms with Crippen LogP contribution < -0.4 is 5.32 Å². The zero-order chi connectivity index (χ0) is 41.2. The zero-order valence-corrected chi connectivity index (χ0v) is 38.6. The molecule has 6 nitrogen and oxygen atoms in total. The second-order valence-electron chi connectivity index (χ2n) is 16.9. The molecule has 0 heterocycles. The molecule has 0 radical (unpaired) electrons. The first kappa shape index (κ1) is 55.0. The van der Waals surface area contributed by atoms with E-state index in [-0.39, 0.29) is 5.91 Å². The van der Waals surface area contributed by atoms with Crippen molar-refractivity contribution in [2.24, 2.45) is 0 Å². The van der Waals surface area contributed by atoms with Gasteiger partial charge in [0.2, 0.25) is 5.91 Å². The number of aliphatic hydroxyl groups is 1. The molecule has 0 aliphatic heterocycles. The van der Waals surface area contributed by atoms with Gasteiger partial charge in [0.1, 0.15) is 12.2 Å². The van der Waals surface area contributed by atoms with E-state index in [1.807, 2.05) is 33.8 Å². The van der Waals surface area contributed by atoms with Crippen molar-refractivity contribution < 1.29 is 24.1 Å². The molecule has 0 bridgehead atoms. The van der Waals surface area contributed by atoms with Gasteiger partial charge in [-0.15, -0.1) is 0 Å². The molecule has 0 saturated carbocycles. The van der Waals surface area contributed by atoms with Gasteiger partial charge in [-0.05, 0) is 47.0 Å². The summed E-state index contributed by atoms with van der Waals surface area (Å²) < 4.78 is 17.8. The van der Waals surface area contributed by atoms with Crippen molar-refractivity contribution in [3.8, 4) is 0 Å². The number of hydrogen-bond acceptors (Lipinski definition) is 5. The average Bonchev–Trinajstić information content (AvgIpc) is 3.18. The lowest BCUT2D eigenvalue weighted by Gasteiger charge is -2.34. The Morgan fingerprint density at radius 2 is 0.875 bits per heavy atom. The molecule has 0 aliphatic carbocycles. The number of nitrogens with one attached hydrogen (secondary N) is 1. The molecule has 0 aliphatic rings. The van der Waals surface area contributed by atoms with E-state index >= 15 is 0 Å². The van der Waals surface area contributed by atoms with E-state index in [1.165, 1.54) is 186 Å². The Hall–Kier alpha value is -0.950. The van der Waals surface area contributed by atoms with Crippen molar-refractivity contribution in [3.05, 3.63) is 12.2 Å². The Bertz CT molecular complexity index is 821. The Morgan fingerprint density at radius 3 is 1.25 bits per heavy atom. The molecular formula is C50H99NO5. The van der Waals surface area contributed by atoms with Crippen LogP contribution in [0, 0.1) is 0 Å². The Balaban J connectivity index is 4.46. The second kappa shape index (κ2) is 43.6. The van der Waals surface area contributed by atoms with Crippen molar-refractivity contribution in [3.63, 3.8) is 0 Å². The van der Waals surface area contributed by atoms with Gasteiger partial charge in [0.25, 0.3) is 0 Å². The van der Waals surface area contributed by atoms with Gasteiger partial charge in [-0.2, -0.15) is 0 Å². The first-order chi connectivity index (χ1) is 27.4. The van der Waals surface area contributed by atoms with Crippen LogP contribution in [0.3, 0.4) is 0 Å². The van der Waals surface area contributed by atoms with E-state index in [0.717, 1.165) is 25.7 Å². The number of amides is 1. The first-order valence-corrected chi connectivity index (χ1v) is 24.9. The highest BCUT2D eigenvalue weighted by Gasteiger charge is 2.34. The van der Waals surface area contributed by atoms with E-state index < -0.39 is 30.6 Å². The number of carbonyl (C=O) groups excluding carboxylic acids is 1. The number of rotatable bonds is 45. The highest BCUT2D eigenvalue weighted by Crippen LogP contribution is 2.19. The minimum atomic E-state index is -0.913. The number of ether oxygens (including phenoxy) is 3. The molecule has 0 saturated heterocycles. The third-order valence-electron chi connectivity index (χ3n) is 11.5. The van der Waals surface area contributed by atoms with Gasteiger partial charge in [-0.3, -0.25) is 4.79 Å². The molecule has 6 heteroatoms. The van der Waals surface area contributed by atoms with E-state index in [0.29, 0.717) is 19.6 Å². The molecule has 56 heavy (non-hydrogen) atoms. The minimum Gasteiger partial charge on any atom is -0.388 e. The number of hydrogen-bond donors (Lipinski definition) is 2. The van der Waals surface area contributed by atoms with Crippen LogP contribution in [-0.4, -0.2) is 54.9 Å². The largest absolute Gasteiger partial charge is 0.388 e. The zero-order valence-electron chi connectivity index (χ0n) is 38.6. The summed E-state index contributed by atoms with van der Waals surface area (Å²) in [5, 5.41) is 14.6. The fourth-order valence-electron chi connectivity index (χ4n) is 7.89. The summed E-state index contributed by atoms with van der Waals surface area (Å²) in [5.74, 6) is -0.0352. The smallest absolute Gasteiger partial charge is 0.220 e. The first-order valence-electron chi connectivity index (χ1n) is 24.9. The topological polar surface area (TPSA) is 77.0 Å². The van der Waals surface area contributed by atoms with Crippen molar-refractivity contribution in [1.82, 2.24) is 5.32 Å². The monoisotopic (exact) mass is 794 g/mol. The Morgan fingerprint density at radius 1 is 0.518 bits per heavy atom. The van der Waals surface area contributed by atoms with Gasteiger partial charge in [0, 0.05) is 19.6 Å². The molecule has 0 fully saturated rings. The van der Waals surface area contributed by atoms with Crippen LogP contribution >= 0.6 is 0 Å². The molecule has 334 valence electrons. The summed E-state index contributed by atoms with van der Waals surface area (Å²) in [6, 6.07) is -0.629. The average molecular weight is 794 g/mol. The number of unbranched alkanes of at least 4 members (excludes halogenated alkanes) is 31. The standard InChI is InChI=1S/C50H99NO5/c1-7-11-13-15-17-19-21-23-24-25-26-27-28-29-30-32-34-36-38-40-42-44-48(52)51-49(50(53)45(5)54-9-3)47(56-46(6)55-10-4)43-41-39-37-35-33-31-22-20-18-16-14-12-8-2/h41,43,45-47,49-50,53H,7-40,42,44H2,1-6H3,(H,51,52)/b43-41-/t45?,46?,47-,49+,50?/m0/s1. The maximum atomic E-state index is 13.3. The fraction of sp³-hybridized carbons (Fsp3) is 0.940. The fourth-order valence-corrected chi connectivity index (χ4v) is 7.89. The summed E-state index contributed by atoms with van der Waals surface area (Å²) in [5.41, 5.74) is 0. The molecule has 0 spiro atoms. The number of allylic oxidation sites excluding steroid dienone is 1. The minimum absolute atomic E-state index is 0.0352. The van der Waals surface area contributed by atoms with Crippen LogP contribution in [0.25, 0.3) is 0 Å². The SMILES string of the molecule is CCCCCCCCCCCCC/C=C\[C@H](OC(C)OCC)[C@@H](NC(=O)CCCCCCCCCCCCCCCCCCCCCCC)C(O)C(C)OCC. The maximum Gasteiger partial charge on any atom is 0.220 e. The lowest BCUT2D eigenvalue weighted by atomic mass is 9.98. The Labute approximate surface area is 350 Å². The van der Waals surface area contributed by atoms with Crippen LogP contribution in [0.15, 0.2) is 12.2 Å². The highest BCUT2D eigenvalue weighted by molar-refractivity contribution is 5.76. The van der Waals surface area contributed by atoms with Crippen molar-refractivity contribution in [1.29, 1.82) is 0 Å². The van der Waals surface area contributed by atoms with E-state index in [1.54, 1.807) is 0 Å². The lowest BCUT2D eigenvalue weighted by Crippen LogP contribution is -2.55. The molecule has 3 unspecified atom stereocenters. The molecule has 0 aromatic heterocycles. The molecule has 1 amide bonds. The number of carbonyl (C=O) groups is 1. The van der Waals surface area contributed by atoms with Crippen LogP contribution in [0.2, 0.25) is 0 Å². The van der Waals surface area contributed by atoms with Gasteiger partial charge in [-0.1, -0.05) is 219 Å². The molecular weight excluding hydrogens is 695 g/mol. The van der Waals surface area contributed by atoms with Crippen LogP contribution in [0.5, 0.6) is 0 Å². The van der Waals surface area contributed by atoms with Crippen molar-refractivity contribution in [2.75, 3.05) is 13.2 Å². The predicted octanol–water partition coefficient (Wildman–Crippen LogP) is 14.9. The van der Waals surface area contributed by atoms with Crippen molar-refractivity contribution in [2.45, 2.75) is 290 Å². The van der Waals surface area contributed by atoms with Crippen molar-refractivity contribution >= 4 is 5.91 Å². The second-order valence-corrected chi connectivity index (χ2v) is 16.9. The predicted molar refractivity (Wildman–Crippen MR) is 242 cm³/mol. The van der Waals surface area contributed by atoms with E-state index in [4.69, 9.17) is 14.2 Å². The normalized spacial score (nSPS) is 14.6. The summed E-state index contributed by atoms with van der Waals surface area (Å²) in [7, 11) is 0. The van der Waals surface area contributed by atoms with Gasteiger partial charge in [0.05, 0.1) is 12.1 Å². The van der Waals surface area contributed by atoms with E-state index in [2.05, 4.69) is 25.2 Å². The highest BCUT2D eigenvalue weighted by atomic mass is 16.7. The molecule has 5 atom stereocenters. The number of aliphatic hydroxyl groups excluding tert-OH is 1. The van der Waals surface area contributed by atoms with Crippen LogP contribution in [0.4, 0.5) is 0 Å².